The van der Waals surface area contributed by atoms with Gasteiger partial charge in [-0.05, 0) is 30.4 Å². The summed E-state index contributed by atoms with van der Waals surface area (Å²) in [6.45, 7) is 0.996. The average molecular weight is 496 g/mol. The van der Waals surface area contributed by atoms with Gasteiger partial charge in [-0.3, -0.25) is 15.0 Å². The zero-order valence-electron chi connectivity index (χ0n) is 19.7. The molecule has 0 saturated heterocycles. The van der Waals surface area contributed by atoms with Crippen LogP contribution in [0.2, 0.25) is 0 Å². The van der Waals surface area contributed by atoms with Gasteiger partial charge < -0.3 is 21.4 Å². The highest BCUT2D eigenvalue weighted by atomic mass is 32.2. The number of unbranched alkanes of at least 4 members (excludes halogenated alkanes) is 2. The summed E-state index contributed by atoms with van der Waals surface area (Å²) >= 11 is 1.53. The van der Waals surface area contributed by atoms with E-state index in [1.807, 2.05) is 60.7 Å². The summed E-state index contributed by atoms with van der Waals surface area (Å²) in [5, 5.41) is 12.5. The van der Waals surface area contributed by atoms with Crippen LogP contribution in [0.5, 0.6) is 0 Å². The molecule has 186 valence electrons. The van der Waals surface area contributed by atoms with Crippen LogP contribution in [-0.4, -0.2) is 33.9 Å². The van der Waals surface area contributed by atoms with Crippen LogP contribution in [0.15, 0.2) is 77.7 Å². The van der Waals surface area contributed by atoms with Crippen LogP contribution >= 0.6 is 11.8 Å². The highest BCUT2D eigenvalue weighted by Crippen LogP contribution is 2.20. The Labute approximate surface area is 210 Å². The summed E-state index contributed by atoms with van der Waals surface area (Å²) in [5.41, 5.74) is 10.6. The number of hydrogen-bond acceptors (Lipinski definition) is 8. The van der Waals surface area contributed by atoms with Gasteiger partial charge >= 0.3 is 0 Å². The molecule has 0 fully saturated rings. The van der Waals surface area contributed by atoms with Crippen molar-refractivity contribution in [2.75, 3.05) is 6.54 Å². The Balaban J connectivity index is 1.25. The highest BCUT2D eigenvalue weighted by molar-refractivity contribution is 8.14. The minimum absolute atomic E-state index is 0.0400. The van der Waals surface area contributed by atoms with Crippen LogP contribution in [0.25, 0.3) is 0 Å². The molecule has 1 atom stereocenters. The summed E-state index contributed by atoms with van der Waals surface area (Å²) < 4.78 is 0. The molecule has 7 N–H and O–H groups in total. The molecule has 35 heavy (non-hydrogen) atoms. The van der Waals surface area contributed by atoms with Crippen molar-refractivity contribution in [2.24, 2.45) is 16.7 Å². The lowest BCUT2D eigenvalue weighted by atomic mass is 10.1. The molecule has 1 unspecified atom stereocenters. The van der Waals surface area contributed by atoms with E-state index in [2.05, 4.69) is 21.2 Å². The van der Waals surface area contributed by atoms with Gasteiger partial charge in [0.05, 0.1) is 11.5 Å². The second kappa shape index (κ2) is 14.0. The van der Waals surface area contributed by atoms with Crippen molar-refractivity contribution in [3.63, 3.8) is 0 Å². The number of carbonyl (C=O) groups is 2. The third kappa shape index (κ3) is 9.71. The lowest BCUT2D eigenvalue weighted by Gasteiger charge is -2.15. The van der Waals surface area contributed by atoms with E-state index in [0.29, 0.717) is 19.5 Å². The second-order valence-corrected chi connectivity index (χ2v) is 9.34. The largest absolute Gasteiger partial charge is 0.393 e. The lowest BCUT2D eigenvalue weighted by Crippen LogP contribution is -2.39. The minimum atomic E-state index is -0.349. The van der Waals surface area contributed by atoms with Crippen molar-refractivity contribution in [1.29, 1.82) is 0 Å². The second-order valence-electron chi connectivity index (χ2n) is 8.16. The standard InChI is InChI=1S/C25H33N7O2S/c26-21(24(34)28-17-20-12-6-2-7-13-20)18-32(27)15-9-3-8-14-23-30-31-25(35-23)29-22(33)16-19-10-4-1-5-11-19/h1-2,4-7,10-13,18,25,31H,3,8-9,14-17,26-27H2,(H,28,34)(H,29,33)/b21-18-. The number of rotatable bonds is 13. The van der Waals surface area contributed by atoms with Gasteiger partial charge in [-0.2, -0.15) is 5.10 Å². The summed E-state index contributed by atoms with van der Waals surface area (Å²) in [7, 11) is 0. The van der Waals surface area contributed by atoms with E-state index in [0.717, 1.165) is 41.9 Å². The molecule has 0 radical (unpaired) electrons. The molecule has 0 saturated carbocycles. The summed E-state index contributed by atoms with van der Waals surface area (Å²) in [6.07, 6.45) is 5.39. The van der Waals surface area contributed by atoms with Crippen LogP contribution in [-0.2, 0) is 22.6 Å². The molecule has 2 aromatic rings. The molecule has 0 spiro atoms. The van der Waals surface area contributed by atoms with Gasteiger partial charge in [-0.15, -0.1) is 0 Å². The Kier molecular flexibility index (Phi) is 10.5. The first-order valence-electron chi connectivity index (χ1n) is 11.6. The fourth-order valence-electron chi connectivity index (χ4n) is 3.40. The first-order chi connectivity index (χ1) is 17.0. The Hall–Kier alpha value is -3.50. The maximum absolute atomic E-state index is 12.2. The number of carbonyl (C=O) groups excluding carboxylic acids is 2. The molecule has 0 aromatic heterocycles. The lowest BCUT2D eigenvalue weighted by molar-refractivity contribution is -0.120. The van der Waals surface area contributed by atoms with Gasteiger partial charge in [0.15, 0.2) is 5.50 Å². The van der Waals surface area contributed by atoms with Crippen molar-refractivity contribution in [3.05, 3.63) is 83.7 Å². The van der Waals surface area contributed by atoms with Crippen molar-refractivity contribution in [2.45, 2.75) is 44.1 Å². The van der Waals surface area contributed by atoms with Crippen LogP contribution in [0.4, 0.5) is 0 Å². The van der Waals surface area contributed by atoms with Crippen LogP contribution in [0, 0.1) is 0 Å². The van der Waals surface area contributed by atoms with Gasteiger partial charge in [0.2, 0.25) is 5.91 Å². The normalized spacial score (nSPS) is 15.2. The zero-order chi connectivity index (χ0) is 24.9. The average Bonchev–Trinajstić information content (AvgIpc) is 3.30. The number of benzene rings is 2. The van der Waals surface area contributed by atoms with Crippen molar-refractivity contribution in [3.8, 4) is 0 Å². The van der Waals surface area contributed by atoms with Gasteiger partial charge in [0, 0.05) is 19.3 Å². The predicted octanol–water partition coefficient (Wildman–Crippen LogP) is 2.13. The molecular formula is C25H33N7O2S. The van der Waals surface area contributed by atoms with Crippen LogP contribution in [0.1, 0.15) is 36.8 Å². The Morgan fingerprint density at radius 2 is 1.71 bits per heavy atom. The molecule has 3 rings (SSSR count). The van der Waals surface area contributed by atoms with E-state index in [-0.39, 0.29) is 23.0 Å². The maximum atomic E-state index is 12.2. The number of amides is 2. The Morgan fingerprint density at radius 1 is 1.03 bits per heavy atom. The molecule has 9 nitrogen and oxygen atoms in total. The third-order valence-electron chi connectivity index (χ3n) is 5.23. The summed E-state index contributed by atoms with van der Waals surface area (Å²) in [6, 6.07) is 19.3. The first-order valence-corrected chi connectivity index (χ1v) is 12.5. The molecule has 1 aliphatic rings. The fraction of sp³-hybridized carbons (Fsp3) is 0.320. The van der Waals surface area contributed by atoms with Gasteiger partial charge in [-0.1, -0.05) is 78.8 Å². The predicted molar refractivity (Wildman–Crippen MR) is 140 cm³/mol. The number of nitrogens with one attached hydrogen (secondary N) is 3. The number of hydrazine groups is 1. The molecule has 0 aliphatic carbocycles. The third-order valence-corrected chi connectivity index (χ3v) is 6.26. The molecular weight excluding hydrogens is 462 g/mol. The van der Waals surface area contributed by atoms with Gasteiger partial charge in [0.25, 0.3) is 5.91 Å². The Bertz CT molecular complexity index is 1010. The minimum Gasteiger partial charge on any atom is -0.393 e. The molecule has 10 heteroatoms. The van der Waals surface area contributed by atoms with E-state index in [1.54, 1.807) is 0 Å². The number of thioether (sulfide) groups is 1. The number of nitrogens with two attached hydrogens (primary N) is 2. The van der Waals surface area contributed by atoms with E-state index in [4.69, 9.17) is 11.6 Å². The van der Waals surface area contributed by atoms with Crippen molar-refractivity contribution >= 4 is 28.6 Å². The smallest absolute Gasteiger partial charge is 0.268 e. The number of hydrogen-bond donors (Lipinski definition) is 5. The molecule has 0 bridgehead atoms. The number of hydrazone groups is 1. The highest BCUT2D eigenvalue weighted by Gasteiger charge is 2.20. The number of nitrogens with zero attached hydrogens (tertiary/aromatic N) is 2. The first kappa shape index (κ1) is 26.1. The summed E-state index contributed by atoms with van der Waals surface area (Å²) in [4.78, 5) is 24.3. The van der Waals surface area contributed by atoms with Crippen molar-refractivity contribution < 1.29 is 9.59 Å². The molecule has 2 amide bonds. The monoisotopic (exact) mass is 495 g/mol. The van der Waals surface area contributed by atoms with E-state index in [1.165, 1.54) is 23.0 Å². The van der Waals surface area contributed by atoms with Crippen LogP contribution in [0.3, 0.4) is 0 Å². The summed E-state index contributed by atoms with van der Waals surface area (Å²) in [5.74, 6) is 5.57. The van der Waals surface area contributed by atoms with Gasteiger partial charge in [0.1, 0.15) is 5.70 Å². The molecule has 1 heterocycles. The van der Waals surface area contributed by atoms with Crippen molar-refractivity contribution in [1.82, 2.24) is 21.1 Å². The Morgan fingerprint density at radius 3 is 2.43 bits per heavy atom. The SMILES string of the molecule is N/C(=C\N(N)CCCCCC1=NNC(NC(=O)Cc2ccccc2)S1)C(=O)NCc1ccccc1. The fourth-order valence-corrected chi connectivity index (χ4v) is 4.34. The topological polar surface area (TPSA) is 138 Å². The van der Waals surface area contributed by atoms with Gasteiger partial charge in [-0.25, -0.2) is 5.84 Å². The van der Waals surface area contributed by atoms with E-state index >= 15 is 0 Å². The maximum Gasteiger partial charge on any atom is 0.268 e. The molecule has 2 aromatic carbocycles. The van der Waals surface area contributed by atoms with E-state index in [9.17, 15) is 9.59 Å². The van der Waals surface area contributed by atoms with E-state index < -0.39 is 0 Å². The molecule has 1 aliphatic heterocycles. The van der Waals surface area contributed by atoms with Crippen LogP contribution < -0.4 is 27.6 Å². The quantitative estimate of drug-likeness (QED) is 0.124. The zero-order valence-corrected chi connectivity index (χ0v) is 20.5.